The first-order valence-electron chi connectivity index (χ1n) is 7.71. The van der Waals surface area contributed by atoms with Gasteiger partial charge in [-0.15, -0.1) is 17.8 Å². The number of nitrogens with zero attached hydrogens (tertiary/aromatic N) is 2. The summed E-state index contributed by atoms with van der Waals surface area (Å²) in [4.78, 5) is 18.2. The van der Waals surface area contributed by atoms with Crippen molar-refractivity contribution in [3.05, 3.63) is 39.3 Å². The summed E-state index contributed by atoms with van der Waals surface area (Å²) in [6, 6.07) is 7.68. The summed E-state index contributed by atoms with van der Waals surface area (Å²) in [6.07, 6.45) is 5.81. The molecular weight excluding hydrogens is 356 g/mol. The van der Waals surface area contributed by atoms with Crippen LogP contribution in [0.2, 0.25) is 0 Å². The monoisotopic (exact) mass is 370 g/mol. The Morgan fingerprint density at radius 2 is 2.12 bits per heavy atom. The lowest BCUT2D eigenvalue weighted by molar-refractivity contribution is -0.117. The van der Waals surface area contributed by atoms with Gasteiger partial charge in [0.05, 0.1) is 23.2 Å². The minimum Gasteiger partial charge on any atom is -0.486 e. The molecule has 0 fully saturated rings. The number of amides is 1. The molecule has 0 unspecified atom stereocenters. The number of hydrogen-bond donors (Lipinski definition) is 0. The van der Waals surface area contributed by atoms with Crippen LogP contribution in [0.1, 0.15) is 4.88 Å². The van der Waals surface area contributed by atoms with Gasteiger partial charge in [0.25, 0.3) is 5.91 Å². The van der Waals surface area contributed by atoms with Gasteiger partial charge in [0.1, 0.15) is 13.2 Å². The fourth-order valence-electron chi connectivity index (χ4n) is 2.64. The van der Waals surface area contributed by atoms with Crippen LogP contribution >= 0.6 is 22.7 Å². The zero-order valence-corrected chi connectivity index (χ0v) is 14.9. The van der Waals surface area contributed by atoms with Crippen LogP contribution in [0.3, 0.4) is 0 Å². The molecule has 126 valence electrons. The number of hydrogen-bond acceptors (Lipinski definition) is 5. The number of benzene rings is 1. The summed E-state index contributed by atoms with van der Waals surface area (Å²) < 4.78 is 14.1. The van der Waals surface area contributed by atoms with Crippen LogP contribution in [-0.2, 0) is 17.8 Å². The Labute approximate surface area is 152 Å². The molecule has 1 aliphatic rings. The van der Waals surface area contributed by atoms with Crippen LogP contribution in [0.15, 0.2) is 34.6 Å². The van der Waals surface area contributed by atoms with E-state index in [2.05, 4.69) is 10.9 Å². The number of carbonyl (C=O) groups excluding carboxylic acids is 1. The van der Waals surface area contributed by atoms with E-state index in [-0.39, 0.29) is 5.91 Å². The molecule has 0 atom stereocenters. The predicted molar refractivity (Wildman–Crippen MR) is 98.2 cm³/mol. The molecule has 25 heavy (non-hydrogen) atoms. The number of carbonyl (C=O) groups is 1. The molecular formula is C18H14N2O3S2. The average Bonchev–Trinajstić information content (AvgIpc) is 3.22. The Morgan fingerprint density at radius 1 is 1.32 bits per heavy atom. The van der Waals surface area contributed by atoms with Crippen LogP contribution in [0, 0.1) is 12.3 Å². The minimum atomic E-state index is -0.183. The van der Waals surface area contributed by atoms with E-state index >= 15 is 0 Å². The fraction of sp³-hybridized carbons (Fsp3) is 0.222. The normalized spacial score (nSPS) is 13.8. The summed E-state index contributed by atoms with van der Waals surface area (Å²) in [6.45, 7) is 1.39. The average molecular weight is 370 g/mol. The standard InChI is InChI=1S/C18H14N2O3S2/c1-2-5-20-13-10-14-15(23-7-6-22-14)11-16(13)25-18(20)19-17(21)9-12-4-3-8-24-12/h1,3-4,8,10-11H,5-7,9H2. The van der Waals surface area contributed by atoms with Crippen molar-refractivity contribution < 1.29 is 14.3 Å². The van der Waals surface area contributed by atoms with Crippen molar-refractivity contribution in [3.63, 3.8) is 0 Å². The van der Waals surface area contributed by atoms with Gasteiger partial charge in [-0.05, 0) is 11.4 Å². The summed E-state index contributed by atoms with van der Waals surface area (Å²) in [5.41, 5.74) is 0.898. The SMILES string of the molecule is C#CCn1c(=NC(=O)Cc2cccs2)sc2cc3c(cc21)OCCO3. The zero-order chi connectivity index (χ0) is 17.2. The van der Waals surface area contributed by atoms with Gasteiger partial charge in [-0.25, -0.2) is 0 Å². The lowest BCUT2D eigenvalue weighted by Gasteiger charge is -2.18. The molecule has 5 nitrogen and oxygen atoms in total. The maximum Gasteiger partial charge on any atom is 0.253 e. The highest BCUT2D eigenvalue weighted by Crippen LogP contribution is 2.35. The zero-order valence-electron chi connectivity index (χ0n) is 13.2. The van der Waals surface area contributed by atoms with Crippen molar-refractivity contribution >= 4 is 38.8 Å². The van der Waals surface area contributed by atoms with Crippen molar-refractivity contribution in [1.82, 2.24) is 4.57 Å². The molecule has 0 aliphatic carbocycles. The lowest BCUT2D eigenvalue weighted by Crippen LogP contribution is -2.17. The van der Waals surface area contributed by atoms with Crippen molar-refractivity contribution in [2.45, 2.75) is 13.0 Å². The van der Waals surface area contributed by atoms with Crippen LogP contribution in [-0.4, -0.2) is 23.7 Å². The highest BCUT2D eigenvalue weighted by Gasteiger charge is 2.16. The van der Waals surface area contributed by atoms with E-state index < -0.39 is 0 Å². The van der Waals surface area contributed by atoms with Crippen LogP contribution in [0.25, 0.3) is 10.2 Å². The Balaban J connectivity index is 1.79. The van der Waals surface area contributed by atoms with Crippen molar-refractivity contribution in [2.75, 3.05) is 13.2 Å². The number of thiophene rings is 1. The maximum absolute atomic E-state index is 12.3. The summed E-state index contributed by atoms with van der Waals surface area (Å²) in [7, 11) is 0. The van der Waals surface area contributed by atoms with E-state index in [1.54, 1.807) is 11.3 Å². The third-order valence-corrected chi connectivity index (χ3v) is 5.64. The Morgan fingerprint density at radius 3 is 2.84 bits per heavy atom. The van der Waals surface area contributed by atoms with Gasteiger partial charge < -0.3 is 14.0 Å². The number of fused-ring (bicyclic) bond motifs is 2. The molecule has 3 aromatic rings. The molecule has 7 heteroatoms. The number of terminal acetylenes is 1. The lowest BCUT2D eigenvalue weighted by atomic mass is 10.2. The van der Waals surface area contributed by atoms with E-state index in [1.165, 1.54) is 11.3 Å². The van der Waals surface area contributed by atoms with E-state index in [0.29, 0.717) is 42.5 Å². The summed E-state index contributed by atoms with van der Waals surface area (Å²) >= 11 is 2.97. The van der Waals surface area contributed by atoms with Gasteiger partial charge in [0.15, 0.2) is 16.3 Å². The first kappa shape index (κ1) is 15.9. The highest BCUT2D eigenvalue weighted by molar-refractivity contribution is 7.16. The quantitative estimate of drug-likeness (QED) is 0.666. The minimum absolute atomic E-state index is 0.183. The summed E-state index contributed by atoms with van der Waals surface area (Å²) in [5, 5.41) is 1.95. The molecule has 0 spiro atoms. The van der Waals surface area contributed by atoms with Gasteiger partial charge in [-0.3, -0.25) is 4.79 Å². The third-order valence-electron chi connectivity index (χ3n) is 3.72. The number of ether oxygens (including phenoxy) is 2. The van der Waals surface area contributed by atoms with E-state index in [0.717, 1.165) is 15.1 Å². The predicted octanol–water partition coefficient (Wildman–Crippen LogP) is 2.84. The van der Waals surface area contributed by atoms with Crippen molar-refractivity contribution in [1.29, 1.82) is 0 Å². The number of thiazole rings is 1. The second-order valence-electron chi connectivity index (χ2n) is 5.40. The topological polar surface area (TPSA) is 52.8 Å². The van der Waals surface area contributed by atoms with E-state index in [9.17, 15) is 4.79 Å². The Kier molecular flexibility index (Phi) is 4.30. The molecule has 3 heterocycles. The molecule has 4 rings (SSSR count). The molecule has 0 radical (unpaired) electrons. The van der Waals surface area contributed by atoms with Crippen molar-refractivity contribution in [2.24, 2.45) is 4.99 Å². The van der Waals surface area contributed by atoms with Crippen LogP contribution in [0.4, 0.5) is 0 Å². The van der Waals surface area contributed by atoms with Crippen molar-refractivity contribution in [3.8, 4) is 23.8 Å². The molecule has 0 N–H and O–H groups in total. The van der Waals surface area contributed by atoms with E-state index in [1.807, 2.05) is 34.2 Å². The maximum atomic E-state index is 12.3. The smallest absolute Gasteiger partial charge is 0.253 e. The highest BCUT2D eigenvalue weighted by atomic mass is 32.1. The van der Waals surface area contributed by atoms with Gasteiger partial charge in [-0.1, -0.05) is 23.3 Å². The molecule has 2 aromatic heterocycles. The largest absolute Gasteiger partial charge is 0.486 e. The Hall–Kier alpha value is -2.56. The van der Waals surface area contributed by atoms with Gasteiger partial charge in [0, 0.05) is 17.0 Å². The molecule has 0 bridgehead atoms. The van der Waals surface area contributed by atoms with Gasteiger partial charge >= 0.3 is 0 Å². The molecule has 0 saturated heterocycles. The number of aromatic nitrogens is 1. The van der Waals surface area contributed by atoms with Gasteiger partial charge in [0.2, 0.25) is 0 Å². The first-order chi connectivity index (χ1) is 12.2. The molecule has 1 aliphatic heterocycles. The second-order valence-corrected chi connectivity index (χ2v) is 7.44. The number of rotatable bonds is 3. The third kappa shape index (κ3) is 3.18. The molecule has 1 aromatic carbocycles. The molecule has 1 amide bonds. The van der Waals surface area contributed by atoms with Gasteiger partial charge in [-0.2, -0.15) is 4.99 Å². The summed E-state index contributed by atoms with van der Waals surface area (Å²) in [5.74, 6) is 3.85. The molecule has 0 saturated carbocycles. The fourth-order valence-corrected chi connectivity index (χ4v) is 4.40. The second kappa shape index (κ2) is 6.75. The Bertz CT molecular complexity index is 1040. The van der Waals surface area contributed by atoms with Crippen LogP contribution in [0.5, 0.6) is 11.5 Å². The first-order valence-corrected chi connectivity index (χ1v) is 9.40. The van der Waals surface area contributed by atoms with E-state index in [4.69, 9.17) is 15.9 Å². The van der Waals surface area contributed by atoms with Crippen LogP contribution < -0.4 is 14.3 Å².